The Morgan fingerprint density at radius 2 is 2.00 bits per heavy atom. The summed E-state index contributed by atoms with van der Waals surface area (Å²) >= 11 is 6.01. The van der Waals surface area contributed by atoms with E-state index in [1.54, 1.807) is 6.07 Å². The minimum Gasteiger partial charge on any atom is -0.397 e. The maximum Gasteiger partial charge on any atom is 0.0892 e. The van der Waals surface area contributed by atoms with Crippen LogP contribution in [0, 0.1) is 0 Å². The van der Waals surface area contributed by atoms with Crippen LogP contribution in [-0.4, -0.2) is 9.78 Å². The molecule has 90 valence electrons. The summed E-state index contributed by atoms with van der Waals surface area (Å²) in [6.07, 6.45) is 1.83. The highest BCUT2D eigenvalue weighted by Gasteiger charge is 2.10. The molecule has 0 aliphatic carbocycles. The van der Waals surface area contributed by atoms with E-state index in [1.165, 1.54) is 0 Å². The summed E-state index contributed by atoms with van der Waals surface area (Å²) in [7, 11) is 0. The minimum atomic E-state index is 0.671. The van der Waals surface area contributed by atoms with Crippen LogP contribution in [0.15, 0.2) is 24.3 Å². The van der Waals surface area contributed by atoms with Crippen molar-refractivity contribution in [2.24, 2.45) is 0 Å². The fourth-order valence-electron chi connectivity index (χ4n) is 1.81. The lowest BCUT2D eigenvalue weighted by Gasteiger charge is -2.09. The van der Waals surface area contributed by atoms with Gasteiger partial charge in [0.05, 0.1) is 17.1 Å². The van der Waals surface area contributed by atoms with Gasteiger partial charge in [-0.05, 0) is 37.1 Å². The van der Waals surface area contributed by atoms with Crippen molar-refractivity contribution in [3.05, 3.63) is 40.7 Å². The molecule has 1 aromatic carbocycles. The van der Waals surface area contributed by atoms with E-state index < -0.39 is 0 Å². The lowest BCUT2D eigenvalue weighted by atomic mass is 10.2. The van der Waals surface area contributed by atoms with Gasteiger partial charge in [-0.15, -0.1) is 0 Å². The predicted octanol–water partition coefficient (Wildman–Crippen LogP) is 3.23. The number of hydrogen-bond donors (Lipinski definition) is 1. The zero-order valence-corrected chi connectivity index (χ0v) is 10.8. The first kappa shape index (κ1) is 12.0. The van der Waals surface area contributed by atoms with Gasteiger partial charge in [0.1, 0.15) is 0 Å². The molecule has 3 nitrogen and oxygen atoms in total. The highest BCUT2D eigenvalue weighted by atomic mass is 35.5. The number of halogens is 1. The van der Waals surface area contributed by atoms with E-state index in [9.17, 15) is 0 Å². The monoisotopic (exact) mass is 249 g/mol. The van der Waals surface area contributed by atoms with Crippen molar-refractivity contribution in [2.75, 3.05) is 5.73 Å². The molecule has 0 atom stereocenters. The first-order chi connectivity index (χ1) is 8.15. The third kappa shape index (κ3) is 2.29. The molecular weight excluding hydrogens is 234 g/mol. The van der Waals surface area contributed by atoms with Gasteiger partial charge in [0.25, 0.3) is 0 Å². The lowest BCUT2D eigenvalue weighted by molar-refractivity contribution is 0.796. The topological polar surface area (TPSA) is 43.8 Å². The minimum absolute atomic E-state index is 0.671. The number of nitrogens with two attached hydrogens (primary N) is 1. The van der Waals surface area contributed by atoms with Gasteiger partial charge < -0.3 is 5.73 Å². The van der Waals surface area contributed by atoms with E-state index >= 15 is 0 Å². The van der Waals surface area contributed by atoms with Crippen LogP contribution in [0.3, 0.4) is 0 Å². The van der Waals surface area contributed by atoms with Crippen molar-refractivity contribution in [3.63, 3.8) is 0 Å². The Hall–Kier alpha value is -1.48. The second-order valence-electron chi connectivity index (χ2n) is 3.95. The van der Waals surface area contributed by atoms with Crippen LogP contribution >= 0.6 is 11.6 Å². The molecular formula is C13H16ClN3. The quantitative estimate of drug-likeness (QED) is 0.849. The number of benzene rings is 1. The van der Waals surface area contributed by atoms with Gasteiger partial charge in [-0.3, -0.25) is 0 Å². The SMILES string of the molecule is CCc1cc(CC)n(-c2cc(Cl)ccc2N)n1. The molecule has 0 bridgehead atoms. The van der Waals surface area contributed by atoms with Crippen molar-refractivity contribution in [3.8, 4) is 5.69 Å². The van der Waals surface area contributed by atoms with Crippen molar-refractivity contribution in [2.45, 2.75) is 26.7 Å². The fraction of sp³-hybridized carbons (Fsp3) is 0.308. The van der Waals surface area contributed by atoms with Gasteiger partial charge in [0, 0.05) is 10.7 Å². The normalized spacial score (nSPS) is 10.8. The van der Waals surface area contributed by atoms with Gasteiger partial charge >= 0.3 is 0 Å². The molecule has 0 radical (unpaired) electrons. The van der Waals surface area contributed by atoms with Gasteiger partial charge in [0.2, 0.25) is 0 Å². The van der Waals surface area contributed by atoms with E-state index in [0.29, 0.717) is 10.7 Å². The summed E-state index contributed by atoms with van der Waals surface area (Å²) in [6.45, 7) is 4.20. The number of rotatable bonds is 3. The molecule has 0 aliphatic heterocycles. The Balaban J connectivity index is 2.58. The number of anilines is 1. The maximum absolute atomic E-state index is 6.01. The Morgan fingerprint density at radius 1 is 1.24 bits per heavy atom. The number of nitrogen functional groups attached to an aromatic ring is 1. The molecule has 0 amide bonds. The Morgan fingerprint density at radius 3 is 2.65 bits per heavy atom. The average Bonchev–Trinajstić information content (AvgIpc) is 2.75. The van der Waals surface area contributed by atoms with Crippen molar-refractivity contribution in [1.82, 2.24) is 9.78 Å². The Labute approximate surface area is 106 Å². The van der Waals surface area contributed by atoms with Crippen LogP contribution in [-0.2, 0) is 12.8 Å². The molecule has 2 N–H and O–H groups in total. The first-order valence-corrected chi connectivity index (χ1v) is 6.16. The van der Waals surface area contributed by atoms with E-state index in [1.807, 2.05) is 16.8 Å². The molecule has 4 heteroatoms. The standard InChI is InChI=1S/C13H16ClN3/c1-3-10-8-11(4-2)17(16-10)13-7-9(14)5-6-12(13)15/h5-8H,3-4,15H2,1-2H3. The zero-order valence-electron chi connectivity index (χ0n) is 10.1. The number of nitrogens with zero attached hydrogens (tertiary/aromatic N) is 2. The summed E-state index contributed by atoms with van der Waals surface area (Å²) in [5, 5.41) is 5.22. The van der Waals surface area contributed by atoms with E-state index in [-0.39, 0.29) is 0 Å². The van der Waals surface area contributed by atoms with Crippen LogP contribution in [0.25, 0.3) is 5.69 Å². The van der Waals surface area contributed by atoms with Gasteiger partial charge in [-0.1, -0.05) is 25.4 Å². The summed E-state index contributed by atoms with van der Waals surface area (Å²) in [4.78, 5) is 0. The molecule has 0 spiro atoms. The molecule has 0 saturated heterocycles. The van der Waals surface area contributed by atoms with Crippen molar-refractivity contribution >= 4 is 17.3 Å². The van der Waals surface area contributed by atoms with Crippen molar-refractivity contribution in [1.29, 1.82) is 0 Å². The number of aryl methyl sites for hydroxylation is 2. The fourth-order valence-corrected chi connectivity index (χ4v) is 1.97. The molecule has 2 aromatic rings. The van der Waals surface area contributed by atoms with Crippen LogP contribution in [0.5, 0.6) is 0 Å². The third-order valence-electron chi connectivity index (χ3n) is 2.78. The number of hydrogen-bond acceptors (Lipinski definition) is 2. The Kier molecular flexibility index (Phi) is 3.38. The van der Waals surface area contributed by atoms with Crippen LogP contribution in [0.4, 0.5) is 5.69 Å². The second kappa shape index (κ2) is 4.80. The first-order valence-electron chi connectivity index (χ1n) is 5.79. The van der Waals surface area contributed by atoms with Crippen LogP contribution < -0.4 is 5.73 Å². The Bertz CT molecular complexity index is 531. The van der Waals surface area contributed by atoms with Gasteiger partial charge in [-0.25, -0.2) is 4.68 Å². The lowest BCUT2D eigenvalue weighted by Crippen LogP contribution is -2.05. The molecule has 17 heavy (non-hydrogen) atoms. The summed E-state index contributed by atoms with van der Waals surface area (Å²) in [6, 6.07) is 7.56. The highest BCUT2D eigenvalue weighted by Crippen LogP contribution is 2.23. The molecule has 0 fully saturated rings. The molecule has 1 aromatic heterocycles. The largest absolute Gasteiger partial charge is 0.397 e. The van der Waals surface area contributed by atoms with Gasteiger partial charge in [0.15, 0.2) is 0 Å². The predicted molar refractivity (Wildman–Crippen MR) is 71.7 cm³/mol. The molecule has 0 saturated carbocycles. The average molecular weight is 250 g/mol. The second-order valence-corrected chi connectivity index (χ2v) is 4.39. The van der Waals surface area contributed by atoms with Crippen molar-refractivity contribution < 1.29 is 0 Å². The summed E-state index contributed by atoms with van der Waals surface area (Å²) < 4.78 is 1.89. The summed E-state index contributed by atoms with van der Waals surface area (Å²) in [5.74, 6) is 0. The van der Waals surface area contributed by atoms with E-state index in [2.05, 4.69) is 25.0 Å². The van der Waals surface area contributed by atoms with E-state index in [0.717, 1.165) is 29.9 Å². The maximum atomic E-state index is 6.01. The molecule has 0 aliphatic rings. The van der Waals surface area contributed by atoms with Crippen LogP contribution in [0.1, 0.15) is 25.2 Å². The highest BCUT2D eigenvalue weighted by molar-refractivity contribution is 6.30. The zero-order chi connectivity index (χ0) is 12.4. The van der Waals surface area contributed by atoms with E-state index in [4.69, 9.17) is 17.3 Å². The smallest absolute Gasteiger partial charge is 0.0892 e. The summed E-state index contributed by atoms with van der Waals surface area (Å²) in [5.41, 5.74) is 9.74. The third-order valence-corrected chi connectivity index (χ3v) is 3.01. The van der Waals surface area contributed by atoms with Crippen LogP contribution in [0.2, 0.25) is 5.02 Å². The molecule has 1 heterocycles. The van der Waals surface area contributed by atoms with Gasteiger partial charge in [-0.2, -0.15) is 5.10 Å². The molecule has 2 rings (SSSR count). The number of aromatic nitrogens is 2. The molecule has 0 unspecified atom stereocenters.